The first-order chi connectivity index (χ1) is 8.06. The van der Waals surface area contributed by atoms with Crippen LogP contribution in [0.5, 0.6) is 5.75 Å². The van der Waals surface area contributed by atoms with Gasteiger partial charge in [-0.2, -0.15) is 0 Å². The normalized spacial score (nSPS) is 15.1. The van der Waals surface area contributed by atoms with E-state index >= 15 is 0 Å². The summed E-state index contributed by atoms with van der Waals surface area (Å²) in [5, 5.41) is 9.13. The molecule has 0 saturated heterocycles. The number of rotatable bonds is 4. The van der Waals surface area contributed by atoms with Gasteiger partial charge >= 0.3 is 5.97 Å². The molecule has 6 heteroatoms. The van der Waals surface area contributed by atoms with Crippen molar-refractivity contribution in [1.29, 1.82) is 0 Å². The van der Waals surface area contributed by atoms with Gasteiger partial charge in [-0.25, -0.2) is 0 Å². The molecule has 1 atom stereocenters. The van der Waals surface area contributed by atoms with E-state index in [0.29, 0.717) is 17.4 Å². The zero-order valence-corrected chi connectivity index (χ0v) is 10.5. The summed E-state index contributed by atoms with van der Waals surface area (Å²) in [5.41, 5.74) is 1.73. The van der Waals surface area contributed by atoms with E-state index in [1.807, 2.05) is 6.07 Å². The number of fused-ring (bicyclic) bond motifs is 1. The summed E-state index contributed by atoms with van der Waals surface area (Å²) < 4.78 is 17.0. The summed E-state index contributed by atoms with van der Waals surface area (Å²) in [6, 6.07) is 3.51. The van der Waals surface area contributed by atoms with E-state index in [1.54, 1.807) is 6.07 Å². The molecule has 0 fully saturated rings. The SMILES string of the molecule is O=C(O)CS(=O)Cc1cc(Cl)cc2c1OCC2. The summed E-state index contributed by atoms with van der Waals surface area (Å²) in [4.78, 5) is 10.5. The Hall–Kier alpha value is -1.07. The molecule has 4 nitrogen and oxygen atoms in total. The maximum Gasteiger partial charge on any atom is 0.316 e. The number of halogens is 1. The molecule has 1 aromatic rings. The quantitative estimate of drug-likeness (QED) is 0.906. The smallest absolute Gasteiger partial charge is 0.316 e. The van der Waals surface area contributed by atoms with Crippen LogP contribution in [0.1, 0.15) is 11.1 Å². The molecule has 0 saturated carbocycles. The van der Waals surface area contributed by atoms with Crippen molar-refractivity contribution < 1.29 is 18.8 Å². The van der Waals surface area contributed by atoms with Crippen molar-refractivity contribution in [1.82, 2.24) is 0 Å². The van der Waals surface area contributed by atoms with Crippen LogP contribution in [-0.2, 0) is 27.8 Å². The fourth-order valence-electron chi connectivity index (χ4n) is 1.82. The van der Waals surface area contributed by atoms with Gasteiger partial charge in [0, 0.05) is 27.8 Å². The highest BCUT2D eigenvalue weighted by Crippen LogP contribution is 2.33. The number of ether oxygens (including phenoxy) is 1. The van der Waals surface area contributed by atoms with Gasteiger partial charge in [-0.1, -0.05) is 11.6 Å². The zero-order chi connectivity index (χ0) is 12.4. The largest absolute Gasteiger partial charge is 0.493 e. The van der Waals surface area contributed by atoms with Crippen molar-refractivity contribution in [2.75, 3.05) is 12.4 Å². The van der Waals surface area contributed by atoms with Crippen molar-refractivity contribution in [2.24, 2.45) is 0 Å². The Morgan fingerprint density at radius 1 is 1.53 bits per heavy atom. The number of carbonyl (C=O) groups is 1. The summed E-state index contributed by atoms with van der Waals surface area (Å²) in [7, 11) is -1.44. The van der Waals surface area contributed by atoms with E-state index in [2.05, 4.69) is 0 Å². The van der Waals surface area contributed by atoms with E-state index in [9.17, 15) is 9.00 Å². The lowest BCUT2D eigenvalue weighted by Crippen LogP contribution is -2.11. The summed E-state index contributed by atoms with van der Waals surface area (Å²) >= 11 is 5.95. The minimum Gasteiger partial charge on any atom is -0.493 e. The van der Waals surface area contributed by atoms with Gasteiger partial charge in [0.15, 0.2) is 0 Å². The van der Waals surface area contributed by atoms with E-state index in [1.165, 1.54) is 0 Å². The molecule has 2 rings (SSSR count). The Kier molecular flexibility index (Phi) is 3.69. The van der Waals surface area contributed by atoms with E-state index in [0.717, 1.165) is 17.5 Å². The molecule has 92 valence electrons. The maximum atomic E-state index is 11.6. The van der Waals surface area contributed by atoms with Crippen LogP contribution in [0.4, 0.5) is 0 Å². The minimum absolute atomic E-state index is 0.162. The number of carboxylic acids is 1. The van der Waals surface area contributed by atoms with Crippen molar-refractivity contribution in [3.8, 4) is 5.75 Å². The lowest BCUT2D eigenvalue weighted by molar-refractivity contribution is -0.133. The maximum absolute atomic E-state index is 11.6. The molecular formula is C11H11ClO4S. The third-order valence-corrected chi connectivity index (χ3v) is 3.85. The van der Waals surface area contributed by atoms with Crippen LogP contribution < -0.4 is 4.74 Å². The van der Waals surface area contributed by atoms with Crippen molar-refractivity contribution in [3.63, 3.8) is 0 Å². The second kappa shape index (κ2) is 5.06. The Balaban J connectivity index is 2.21. The molecule has 0 aromatic heterocycles. The first-order valence-corrected chi connectivity index (χ1v) is 6.93. The van der Waals surface area contributed by atoms with Crippen LogP contribution >= 0.6 is 11.6 Å². The van der Waals surface area contributed by atoms with Gasteiger partial charge < -0.3 is 9.84 Å². The molecule has 1 heterocycles. The van der Waals surface area contributed by atoms with Gasteiger partial charge in [-0.3, -0.25) is 9.00 Å². The number of aliphatic carboxylic acids is 1. The Morgan fingerprint density at radius 2 is 2.29 bits per heavy atom. The van der Waals surface area contributed by atoms with Crippen molar-refractivity contribution in [2.45, 2.75) is 12.2 Å². The predicted octanol–water partition coefficient (Wildman–Crippen LogP) is 1.61. The van der Waals surface area contributed by atoms with Gasteiger partial charge in [-0.15, -0.1) is 0 Å². The lowest BCUT2D eigenvalue weighted by Gasteiger charge is -2.08. The average Bonchev–Trinajstić information content (AvgIpc) is 2.63. The highest BCUT2D eigenvalue weighted by atomic mass is 35.5. The van der Waals surface area contributed by atoms with Gasteiger partial charge in [0.2, 0.25) is 0 Å². The average molecular weight is 275 g/mol. The van der Waals surface area contributed by atoms with Crippen LogP contribution in [0.15, 0.2) is 12.1 Å². The molecule has 0 spiro atoms. The molecule has 0 bridgehead atoms. The minimum atomic E-state index is -1.44. The van der Waals surface area contributed by atoms with Crippen LogP contribution in [0.2, 0.25) is 5.02 Å². The number of hydrogen-bond donors (Lipinski definition) is 1. The predicted molar refractivity (Wildman–Crippen MR) is 65.0 cm³/mol. The number of carboxylic acid groups (broad SMARTS) is 1. The summed E-state index contributed by atoms with van der Waals surface area (Å²) in [6.07, 6.45) is 0.786. The molecule has 1 aromatic carbocycles. The number of benzene rings is 1. The molecule has 1 N–H and O–H groups in total. The fraction of sp³-hybridized carbons (Fsp3) is 0.364. The third-order valence-electron chi connectivity index (χ3n) is 2.43. The highest BCUT2D eigenvalue weighted by Gasteiger charge is 2.19. The Labute approximate surface area is 106 Å². The second-order valence-corrected chi connectivity index (χ2v) is 5.67. The Bertz CT molecular complexity index is 487. The zero-order valence-electron chi connectivity index (χ0n) is 8.94. The molecule has 17 heavy (non-hydrogen) atoms. The molecule has 1 aliphatic rings. The Morgan fingerprint density at radius 3 is 3.00 bits per heavy atom. The standard InChI is InChI=1S/C11H11ClO4S/c12-9-3-7-1-2-16-11(7)8(4-9)5-17(15)6-10(13)14/h3-4H,1-2,5-6H2,(H,13,14). The molecule has 0 radical (unpaired) electrons. The first kappa shape index (κ1) is 12.4. The molecular weight excluding hydrogens is 264 g/mol. The second-order valence-electron chi connectivity index (χ2n) is 3.77. The van der Waals surface area contributed by atoms with Gasteiger partial charge in [0.05, 0.1) is 12.4 Å². The van der Waals surface area contributed by atoms with Crippen LogP contribution in [0, 0.1) is 0 Å². The lowest BCUT2D eigenvalue weighted by atomic mass is 10.1. The fourth-order valence-corrected chi connectivity index (χ4v) is 3.02. The van der Waals surface area contributed by atoms with Crippen molar-refractivity contribution >= 4 is 28.4 Å². The first-order valence-electron chi connectivity index (χ1n) is 5.07. The number of hydrogen-bond acceptors (Lipinski definition) is 3. The van der Waals surface area contributed by atoms with Crippen molar-refractivity contribution in [3.05, 3.63) is 28.3 Å². The van der Waals surface area contributed by atoms with E-state index in [4.69, 9.17) is 21.4 Å². The summed E-state index contributed by atoms with van der Waals surface area (Å²) in [5.74, 6) is -0.549. The molecule has 0 aliphatic carbocycles. The molecule has 1 unspecified atom stereocenters. The van der Waals surface area contributed by atoms with Crippen LogP contribution in [0.3, 0.4) is 0 Å². The molecule has 0 amide bonds. The van der Waals surface area contributed by atoms with Crippen LogP contribution in [0.25, 0.3) is 0 Å². The summed E-state index contributed by atoms with van der Waals surface area (Å²) in [6.45, 7) is 0.592. The molecule has 1 aliphatic heterocycles. The van der Waals surface area contributed by atoms with E-state index in [-0.39, 0.29) is 11.5 Å². The third kappa shape index (κ3) is 2.98. The van der Waals surface area contributed by atoms with E-state index < -0.39 is 16.8 Å². The monoisotopic (exact) mass is 274 g/mol. The van der Waals surface area contributed by atoms with Gasteiger partial charge in [-0.05, 0) is 17.7 Å². The topological polar surface area (TPSA) is 63.6 Å². The highest BCUT2D eigenvalue weighted by molar-refractivity contribution is 7.84. The van der Waals surface area contributed by atoms with Gasteiger partial charge in [0.25, 0.3) is 0 Å². The van der Waals surface area contributed by atoms with Crippen LogP contribution in [-0.4, -0.2) is 27.6 Å². The van der Waals surface area contributed by atoms with Gasteiger partial charge in [0.1, 0.15) is 11.5 Å².